The third-order valence-electron chi connectivity index (χ3n) is 12.7. The molecule has 0 aliphatic carbocycles. The van der Waals surface area contributed by atoms with Gasteiger partial charge in [-0.05, 0) is 12.8 Å². The second-order valence-corrected chi connectivity index (χ2v) is 19.8. The first-order valence-corrected chi connectivity index (χ1v) is 27.1. The van der Waals surface area contributed by atoms with Crippen LogP contribution in [-0.2, 0) is 28.6 Å². The maximum Gasteiger partial charge on any atom is 0.306 e. The van der Waals surface area contributed by atoms with Gasteiger partial charge in [-0.15, -0.1) is 0 Å². The van der Waals surface area contributed by atoms with Gasteiger partial charge in [0, 0.05) is 19.3 Å². The third-order valence-corrected chi connectivity index (χ3v) is 12.7. The number of rotatable bonds is 50. The van der Waals surface area contributed by atoms with Crippen LogP contribution in [0.4, 0.5) is 0 Å². The average Bonchev–Trinajstić information content (AvgIpc) is 3.23. The number of hydrogen-bond acceptors (Lipinski definition) is 7. The predicted octanol–water partition coefficient (Wildman–Crippen LogP) is 14.3. The zero-order valence-electron chi connectivity index (χ0n) is 42.1. The van der Waals surface area contributed by atoms with Crippen LogP contribution in [-0.4, -0.2) is 75.5 Å². The van der Waals surface area contributed by atoms with Crippen LogP contribution in [0.25, 0.3) is 0 Å². The van der Waals surface area contributed by atoms with Crippen molar-refractivity contribution >= 4 is 17.9 Å². The van der Waals surface area contributed by atoms with E-state index in [1.165, 1.54) is 205 Å². The van der Waals surface area contributed by atoms with Gasteiger partial charge in [0.05, 0.1) is 40.3 Å². The third kappa shape index (κ3) is 43.6. The van der Waals surface area contributed by atoms with Crippen LogP contribution in [0.3, 0.4) is 0 Å². The Labute approximate surface area is 385 Å². The molecule has 368 valence electrons. The molecule has 2 unspecified atom stereocenters. The van der Waals surface area contributed by atoms with E-state index in [9.17, 15) is 19.5 Å². The number of carboxylic acid groups (broad SMARTS) is 1. The molecule has 0 radical (unpaired) electrons. The van der Waals surface area contributed by atoms with E-state index < -0.39 is 18.1 Å². The van der Waals surface area contributed by atoms with Crippen LogP contribution in [0, 0.1) is 0 Å². The minimum atomic E-state index is -1.12. The average molecular weight is 880 g/mol. The molecular formula is C54H105NO7. The van der Waals surface area contributed by atoms with E-state index in [2.05, 4.69) is 13.8 Å². The quantitative estimate of drug-likeness (QED) is 0.0341. The van der Waals surface area contributed by atoms with Gasteiger partial charge in [-0.2, -0.15) is 0 Å². The van der Waals surface area contributed by atoms with Crippen LogP contribution < -0.4 is 5.11 Å². The van der Waals surface area contributed by atoms with Gasteiger partial charge >= 0.3 is 11.9 Å². The van der Waals surface area contributed by atoms with E-state index in [-0.39, 0.29) is 42.7 Å². The fourth-order valence-electron chi connectivity index (χ4n) is 8.55. The number of hydrogen-bond donors (Lipinski definition) is 0. The zero-order chi connectivity index (χ0) is 45.6. The first-order chi connectivity index (χ1) is 30.1. The number of likely N-dealkylation sites (N-methyl/N-ethyl adjacent to an activating group) is 1. The van der Waals surface area contributed by atoms with Gasteiger partial charge in [0.1, 0.15) is 12.6 Å². The van der Waals surface area contributed by atoms with Gasteiger partial charge in [0.2, 0.25) is 0 Å². The second kappa shape index (κ2) is 45.9. The van der Waals surface area contributed by atoms with Gasteiger partial charge in [-0.25, -0.2) is 0 Å². The van der Waals surface area contributed by atoms with E-state index >= 15 is 0 Å². The topological polar surface area (TPSA) is 102 Å². The molecular weight excluding hydrogens is 775 g/mol. The highest BCUT2D eigenvalue weighted by Crippen LogP contribution is 2.17. The number of unbranched alkanes of at least 4 members (excludes halogenated alkanes) is 36. The molecule has 0 spiro atoms. The number of nitrogens with zero attached hydrogens (tertiary/aromatic N) is 1. The lowest BCUT2D eigenvalue weighted by Gasteiger charge is -2.34. The molecule has 0 aromatic heterocycles. The molecule has 0 rings (SSSR count). The fourth-order valence-corrected chi connectivity index (χ4v) is 8.55. The van der Waals surface area contributed by atoms with E-state index in [0.29, 0.717) is 12.8 Å². The molecule has 0 saturated carbocycles. The number of esters is 2. The molecule has 0 aromatic carbocycles. The lowest BCUT2D eigenvalue weighted by molar-refractivity contribution is -0.889. The highest BCUT2D eigenvalue weighted by Gasteiger charge is 2.25. The van der Waals surface area contributed by atoms with Crippen molar-refractivity contribution in [2.45, 2.75) is 289 Å². The lowest BCUT2D eigenvalue weighted by atomic mass is 10.0. The number of quaternary nitrogens is 1. The van der Waals surface area contributed by atoms with E-state index in [4.69, 9.17) is 14.2 Å². The summed E-state index contributed by atoms with van der Waals surface area (Å²) in [5, 5.41) is 11.7. The zero-order valence-corrected chi connectivity index (χ0v) is 42.1. The van der Waals surface area contributed by atoms with E-state index in [0.717, 1.165) is 38.5 Å². The molecule has 0 aliphatic rings. The smallest absolute Gasteiger partial charge is 0.306 e. The molecule has 0 N–H and O–H groups in total. The number of carbonyl (C=O) groups excluding carboxylic acids is 3. The van der Waals surface area contributed by atoms with E-state index in [1.54, 1.807) is 0 Å². The summed E-state index contributed by atoms with van der Waals surface area (Å²) in [5.74, 6) is -1.70. The van der Waals surface area contributed by atoms with Crippen LogP contribution in [0.15, 0.2) is 0 Å². The summed E-state index contributed by atoms with van der Waals surface area (Å²) in [6.45, 7) is 4.73. The summed E-state index contributed by atoms with van der Waals surface area (Å²) in [4.78, 5) is 37.1. The van der Waals surface area contributed by atoms with E-state index in [1.807, 2.05) is 21.1 Å². The molecule has 0 bridgehead atoms. The normalized spacial score (nSPS) is 12.7. The number of carboxylic acids is 1. The molecule has 0 amide bonds. The maximum absolute atomic E-state index is 12.8. The van der Waals surface area contributed by atoms with Crippen molar-refractivity contribution in [1.82, 2.24) is 0 Å². The van der Waals surface area contributed by atoms with Crippen LogP contribution >= 0.6 is 0 Å². The Kier molecular flexibility index (Phi) is 44.6. The minimum Gasteiger partial charge on any atom is -0.544 e. The fraction of sp³-hybridized carbons (Fsp3) is 0.944. The molecule has 0 heterocycles. The van der Waals surface area contributed by atoms with Crippen molar-refractivity contribution < 1.29 is 38.2 Å². The van der Waals surface area contributed by atoms with Crippen molar-refractivity contribution in [3.63, 3.8) is 0 Å². The summed E-state index contributed by atoms with van der Waals surface area (Å²) in [6, 6.07) is -0.720. The molecule has 8 nitrogen and oxygen atoms in total. The Balaban J connectivity index is 4.13. The lowest BCUT2D eigenvalue weighted by Crippen LogP contribution is -2.55. The van der Waals surface area contributed by atoms with Crippen molar-refractivity contribution in [2.24, 2.45) is 0 Å². The van der Waals surface area contributed by atoms with Gasteiger partial charge in [-0.1, -0.05) is 245 Å². The molecule has 8 heteroatoms. The Morgan fingerprint density at radius 1 is 0.419 bits per heavy atom. The van der Waals surface area contributed by atoms with Crippen molar-refractivity contribution in [2.75, 3.05) is 41.0 Å². The minimum absolute atomic E-state index is 0.0499. The molecule has 0 aliphatic heterocycles. The molecule has 0 fully saturated rings. The molecule has 2 atom stereocenters. The highest BCUT2D eigenvalue weighted by molar-refractivity contribution is 5.70. The Morgan fingerprint density at radius 3 is 1.00 bits per heavy atom. The number of aliphatic carboxylic acids is 1. The van der Waals surface area contributed by atoms with Crippen molar-refractivity contribution in [3.8, 4) is 0 Å². The van der Waals surface area contributed by atoms with Gasteiger partial charge in [0.15, 0.2) is 6.10 Å². The number of ether oxygens (including phenoxy) is 3. The van der Waals surface area contributed by atoms with Crippen LogP contribution in [0.2, 0.25) is 0 Å². The van der Waals surface area contributed by atoms with Crippen molar-refractivity contribution in [3.05, 3.63) is 0 Å². The van der Waals surface area contributed by atoms with Gasteiger partial charge < -0.3 is 28.6 Å². The summed E-state index contributed by atoms with van der Waals surface area (Å²) >= 11 is 0. The molecule has 0 aromatic rings. The summed E-state index contributed by atoms with van der Waals surface area (Å²) in [7, 11) is 5.43. The van der Waals surface area contributed by atoms with Crippen LogP contribution in [0.1, 0.15) is 277 Å². The first-order valence-electron chi connectivity index (χ1n) is 27.1. The Bertz CT molecular complexity index is 982. The predicted molar refractivity (Wildman–Crippen MR) is 259 cm³/mol. The highest BCUT2D eigenvalue weighted by atomic mass is 16.6. The largest absolute Gasteiger partial charge is 0.544 e. The first kappa shape index (κ1) is 60.3. The van der Waals surface area contributed by atoms with Crippen LogP contribution in [0.5, 0.6) is 0 Å². The summed E-state index contributed by atoms with van der Waals surface area (Å²) in [5.41, 5.74) is 0. The maximum atomic E-state index is 12.8. The Hall–Kier alpha value is -1.67. The summed E-state index contributed by atoms with van der Waals surface area (Å²) in [6.07, 6.45) is 49.9. The Morgan fingerprint density at radius 2 is 0.710 bits per heavy atom. The van der Waals surface area contributed by atoms with Crippen molar-refractivity contribution in [1.29, 1.82) is 0 Å². The molecule has 62 heavy (non-hydrogen) atoms. The second-order valence-electron chi connectivity index (χ2n) is 19.8. The van der Waals surface area contributed by atoms with Gasteiger partial charge in [0.25, 0.3) is 0 Å². The van der Waals surface area contributed by atoms with Gasteiger partial charge in [-0.3, -0.25) is 9.59 Å². The monoisotopic (exact) mass is 880 g/mol. The number of carbonyl (C=O) groups is 3. The SMILES string of the molecule is CCCCCCCCCCCCCCCCCCCCCCCCC(=O)OCC(COCCC(C(=O)[O-])[N+](C)(C)C)OC(=O)CCCCCCCCCCCCCCCCCC. The summed E-state index contributed by atoms with van der Waals surface area (Å²) < 4.78 is 17.3. The molecule has 0 saturated heterocycles. The standard InChI is InChI=1S/C54H105NO7/c1-6-8-10-12-14-16-18-20-22-24-25-26-27-28-29-31-32-34-36-38-40-42-44-52(56)61-49-50(48-60-47-46-51(54(58)59)55(3,4)5)62-53(57)45-43-41-39-37-35-33-30-23-21-19-17-15-13-11-9-7-2/h50-51H,6-49H2,1-5H3.